The number of halogens is 4. The molecule has 0 spiro atoms. The molecule has 1 aliphatic carbocycles. The van der Waals surface area contributed by atoms with Crippen molar-refractivity contribution in [2.45, 2.75) is 29.7 Å². The molecule has 0 saturated heterocycles. The third kappa shape index (κ3) is 1.82. The van der Waals surface area contributed by atoms with Crippen LogP contribution in [0.3, 0.4) is 0 Å². The van der Waals surface area contributed by atoms with Gasteiger partial charge in [-0.1, -0.05) is 48.7 Å². The number of hydrogen-bond donors (Lipinski definition) is 1. The maximum absolute atomic E-state index is 14.1. The van der Waals surface area contributed by atoms with Gasteiger partial charge in [0.1, 0.15) is 5.67 Å². The Morgan fingerprint density at radius 2 is 1.93 bits per heavy atom. The van der Waals surface area contributed by atoms with Gasteiger partial charge in [0.2, 0.25) is 0 Å². The van der Waals surface area contributed by atoms with Crippen molar-refractivity contribution in [1.82, 2.24) is 0 Å². The molecule has 2 atom stereocenters. The van der Waals surface area contributed by atoms with Gasteiger partial charge in [-0.15, -0.1) is 0 Å². The van der Waals surface area contributed by atoms with Gasteiger partial charge in [-0.25, -0.2) is 4.39 Å². The van der Waals surface area contributed by atoms with Crippen molar-refractivity contribution in [1.29, 1.82) is 0 Å². The fourth-order valence-corrected chi connectivity index (χ4v) is 2.51. The molecule has 0 radical (unpaired) electrons. The molecule has 0 bridgehead atoms. The summed E-state index contributed by atoms with van der Waals surface area (Å²) in [4.78, 5) is 10.7. The predicted octanol–water partition coefficient (Wildman–Crippen LogP) is 3.20. The van der Waals surface area contributed by atoms with Crippen LogP contribution in [0.4, 0.5) is 4.39 Å². The normalized spacial score (nSPS) is 35.4. The fourth-order valence-electron chi connectivity index (χ4n) is 1.93. The van der Waals surface area contributed by atoms with E-state index < -0.39 is 33.2 Å². The first kappa shape index (κ1) is 12.3. The molecule has 0 aromatic carbocycles. The third-order valence-corrected chi connectivity index (χ3v) is 3.27. The molecule has 82 valence electrons. The van der Waals surface area contributed by atoms with Crippen molar-refractivity contribution >= 4 is 40.8 Å². The van der Waals surface area contributed by atoms with Crippen molar-refractivity contribution in [3.05, 3.63) is 0 Å². The van der Waals surface area contributed by atoms with Gasteiger partial charge in [-0.2, -0.15) is 0 Å². The zero-order valence-corrected chi connectivity index (χ0v) is 9.92. The van der Waals surface area contributed by atoms with Gasteiger partial charge in [-0.05, 0) is 0 Å². The van der Waals surface area contributed by atoms with E-state index in [-0.39, 0.29) is 0 Å². The minimum absolute atomic E-state index is 0.394. The summed E-state index contributed by atoms with van der Waals surface area (Å²) in [6, 6.07) is 0. The quantitative estimate of drug-likeness (QED) is 0.777. The molecule has 1 aliphatic rings. The Morgan fingerprint density at radius 1 is 1.50 bits per heavy atom. The van der Waals surface area contributed by atoms with Gasteiger partial charge in [0.05, 0.1) is 5.92 Å². The minimum atomic E-state index is -1.93. The third-order valence-electron chi connectivity index (χ3n) is 2.87. The van der Waals surface area contributed by atoms with E-state index >= 15 is 0 Å². The number of rotatable bonds is 2. The van der Waals surface area contributed by atoms with Gasteiger partial charge >= 0.3 is 5.97 Å². The first-order chi connectivity index (χ1) is 6.02. The second-order valence-electron chi connectivity index (χ2n) is 4.15. The zero-order valence-electron chi connectivity index (χ0n) is 7.65. The van der Waals surface area contributed by atoms with Crippen molar-refractivity contribution in [3.8, 4) is 0 Å². The predicted molar refractivity (Wildman–Crippen MR) is 53.7 cm³/mol. The largest absolute Gasteiger partial charge is 0.481 e. The lowest BCUT2D eigenvalue weighted by Crippen LogP contribution is -2.20. The Kier molecular flexibility index (Phi) is 2.76. The molecule has 0 heterocycles. The van der Waals surface area contributed by atoms with Crippen LogP contribution in [-0.4, -0.2) is 20.5 Å². The van der Waals surface area contributed by atoms with Gasteiger partial charge in [-0.3, -0.25) is 4.79 Å². The van der Waals surface area contributed by atoms with Crippen molar-refractivity contribution in [3.63, 3.8) is 0 Å². The number of carbonyl (C=O) groups is 1. The van der Waals surface area contributed by atoms with Gasteiger partial charge < -0.3 is 5.11 Å². The van der Waals surface area contributed by atoms with E-state index in [2.05, 4.69) is 0 Å². The number of alkyl halides is 4. The second kappa shape index (κ2) is 3.13. The number of hydrogen-bond acceptors (Lipinski definition) is 1. The lowest BCUT2D eigenvalue weighted by molar-refractivity contribution is -0.140. The molecule has 2 nitrogen and oxygen atoms in total. The standard InChI is InChI=1S/C8H10Cl3FO2/c1-6(2)4(5(13)14)7(6,12)3-8(9,10)11/h4H,3H2,1-2H3,(H,13,14). The SMILES string of the molecule is CC1(C)C(C(=O)O)C1(F)CC(Cl)(Cl)Cl. The summed E-state index contributed by atoms with van der Waals surface area (Å²) in [6.45, 7) is 3.03. The highest BCUT2D eigenvalue weighted by atomic mass is 35.6. The van der Waals surface area contributed by atoms with E-state index in [0.717, 1.165) is 0 Å². The van der Waals surface area contributed by atoms with E-state index in [9.17, 15) is 9.18 Å². The average Bonchev–Trinajstić information content (AvgIpc) is 2.18. The van der Waals surface area contributed by atoms with Gasteiger partial charge in [0.15, 0.2) is 3.79 Å². The molecule has 1 N–H and O–H groups in total. The fraction of sp³-hybridized carbons (Fsp3) is 0.875. The van der Waals surface area contributed by atoms with Crippen molar-refractivity contribution in [2.24, 2.45) is 11.3 Å². The van der Waals surface area contributed by atoms with Crippen LogP contribution in [0.2, 0.25) is 0 Å². The summed E-state index contributed by atoms with van der Waals surface area (Å²) >= 11 is 16.4. The maximum Gasteiger partial charge on any atom is 0.310 e. The Morgan fingerprint density at radius 3 is 2.14 bits per heavy atom. The van der Waals surface area contributed by atoms with E-state index in [1.165, 1.54) is 13.8 Å². The second-order valence-corrected chi connectivity index (χ2v) is 6.66. The van der Waals surface area contributed by atoms with Crippen LogP contribution in [0, 0.1) is 11.3 Å². The minimum Gasteiger partial charge on any atom is -0.481 e. The summed E-state index contributed by atoms with van der Waals surface area (Å²) in [5.74, 6) is -2.28. The molecule has 1 rings (SSSR count). The van der Waals surface area contributed by atoms with Crippen molar-refractivity contribution in [2.75, 3.05) is 0 Å². The summed E-state index contributed by atoms with van der Waals surface area (Å²) in [5, 5.41) is 8.75. The number of aliphatic carboxylic acids is 1. The van der Waals surface area contributed by atoms with E-state index in [1.807, 2.05) is 0 Å². The molecule has 0 amide bonds. The molecule has 2 unspecified atom stereocenters. The molecule has 14 heavy (non-hydrogen) atoms. The van der Waals surface area contributed by atoms with Crippen molar-refractivity contribution < 1.29 is 14.3 Å². The Labute approximate surface area is 96.3 Å². The van der Waals surface area contributed by atoms with E-state index in [1.54, 1.807) is 0 Å². The molecule has 0 aromatic rings. The highest BCUT2D eigenvalue weighted by molar-refractivity contribution is 6.67. The maximum atomic E-state index is 14.1. The summed E-state index contributed by atoms with van der Waals surface area (Å²) in [6.07, 6.45) is -0.394. The van der Waals surface area contributed by atoms with Crippen LogP contribution >= 0.6 is 34.8 Å². The number of carboxylic acid groups (broad SMARTS) is 1. The Balaban J connectivity index is 2.84. The van der Waals surface area contributed by atoms with Gasteiger partial charge in [0.25, 0.3) is 0 Å². The lowest BCUT2D eigenvalue weighted by atomic mass is 10.1. The van der Waals surface area contributed by atoms with Crippen LogP contribution in [0.25, 0.3) is 0 Å². The first-order valence-corrected chi connectivity index (χ1v) is 5.14. The van der Waals surface area contributed by atoms with Crippen LogP contribution in [0.5, 0.6) is 0 Å². The summed E-state index contributed by atoms with van der Waals surface area (Å²) in [7, 11) is 0. The highest BCUT2D eigenvalue weighted by Crippen LogP contribution is 2.68. The number of carboxylic acids is 1. The van der Waals surface area contributed by atoms with Crippen LogP contribution < -0.4 is 0 Å². The highest BCUT2D eigenvalue weighted by Gasteiger charge is 2.77. The van der Waals surface area contributed by atoms with E-state index in [0.29, 0.717) is 0 Å². The van der Waals surface area contributed by atoms with E-state index in [4.69, 9.17) is 39.9 Å². The molecule has 1 saturated carbocycles. The molecular formula is C8H10Cl3FO2. The Hall–Kier alpha value is 0.270. The van der Waals surface area contributed by atoms with Gasteiger partial charge in [0, 0.05) is 11.8 Å². The first-order valence-electron chi connectivity index (χ1n) is 4.01. The molecule has 0 aromatic heterocycles. The Bertz CT molecular complexity index is 274. The van der Waals surface area contributed by atoms with Crippen LogP contribution in [0.1, 0.15) is 20.3 Å². The molecular weight excluding hydrogens is 253 g/mol. The summed E-state index contributed by atoms with van der Waals surface area (Å²) < 4.78 is 12.3. The smallest absolute Gasteiger partial charge is 0.310 e. The lowest BCUT2D eigenvalue weighted by Gasteiger charge is -2.16. The van der Waals surface area contributed by atoms with Crippen LogP contribution in [0.15, 0.2) is 0 Å². The monoisotopic (exact) mass is 262 g/mol. The van der Waals surface area contributed by atoms with Crippen LogP contribution in [-0.2, 0) is 4.79 Å². The zero-order chi connectivity index (χ0) is 11.4. The molecule has 0 aliphatic heterocycles. The summed E-state index contributed by atoms with van der Waals surface area (Å²) in [5.41, 5.74) is -2.90. The topological polar surface area (TPSA) is 37.3 Å². The molecule has 1 fully saturated rings. The average molecular weight is 264 g/mol. The molecule has 6 heteroatoms.